The van der Waals surface area contributed by atoms with Crippen molar-refractivity contribution in [2.24, 2.45) is 17.1 Å². The van der Waals surface area contributed by atoms with Crippen molar-refractivity contribution in [1.82, 2.24) is 9.88 Å². The first-order valence-corrected chi connectivity index (χ1v) is 9.97. The van der Waals surface area contributed by atoms with Gasteiger partial charge in [0.1, 0.15) is 0 Å². The number of benzene rings is 1. The number of primary amides is 1. The third-order valence-electron chi connectivity index (χ3n) is 5.53. The maximum atomic E-state index is 12.5. The molecular formula is C23H29N3O2. The van der Waals surface area contributed by atoms with Crippen LogP contribution < -0.4 is 5.73 Å². The smallest absolute Gasteiger partial charge is 0.225 e. The average Bonchev–Trinajstić information content (AvgIpc) is 2.69. The molecule has 1 fully saturated rings. The second kappa shape index (κ2) is 8.55. The summed E-state index contributed by atoms with van der Waals surface area (Å²) >= 11 is 0. The molecule has 5 nitrogen and oxygen atoms in total. The minimum atomic E-state index is -0.694. The Balaban J connectivity index is 1.77. The van der Waals surface area contributed by atoms with E-state index in [1.54, 1.807) is 6.20 Å². The fourth-order valence-electron chi connectivity index (χ4n) is 3.99. The molecule has 0 saturated carbocycles. The van der Waals surface area contributed by atoms with Gasteiger partial charge >= 0.3 is 0 Å². The summed E-state index contributed by atoms with van der Waals surface area (Å²) in [5.41, 5.74) is 8.36. The number of piperidine rings is 1. The first-order valence-electron chi connectivity index (χ1n) is 9.97. The minimum absolute atomic E-state index is 0.118. The predicted octanol–water partition coefficient (Wildman–Crippen LogP) is 3.43. The minimum Gasteiger partial charge on any atom is -0.369 e. The van der Waals surface area contributed by atoms with Crippen LogP contribution in [0.3, 0.4) is 0 Å². The molecule has 2 aromatic rings. The van der Waals surface area contributed by atoms with Crippen molar-refractivity contribution in [3.63, 3.8) is 0 Å². The monoisotopic (exact) mass is 379 g/mol. The Morgan fingerprint density at radius 1 is 1.18 bits per heavy atom. The van der Waals surface area contributed by atoms with Crippen molar-refractivity contribution in [3.8, 4) is 11.1 Å². The Morgan fingerprint density at radius 2 is 1.93 bits per heavy atom. The summed E-state index contributed by atoms with van der Waals surface area (Å²) in [6.07, 6.45) is 6.18. The molecule has 148 valence electrons. The van der Waals surface area contributed by atoms with Gasteiger partial charge in [0, 0.05) is 31.9 Å². The van der Waals surface area contributed by atoms with Crippen LogP contribution in [0.25, 0.3) is 11.1 Å². The highest BCUT2D eigenvalue weighted by molar-refractivity contribution is 5.83. The number of hydrogen-bond acceptors (Lipinski definition) is 3. The van der Waals surface area contributed by atoms with E-state index in [0.717, 1.165) is 29.5 Å². The van der Waals surface area contributed by atoms with E-state index in [9.17, 15) is 9.59 Å². The topological polar surface area (TPSA) is 76.3 Å². The lowest BCUT2D eigenvalue weighted by atomic mass is 9.74. The van der Waals surface area contributed by atoms with Crippen LogP contribution >= 0.6 is 0 Å². The van der Waals surface area contributed by atoms with Crippen LogP contribution in [0.15, 0.2) is 48.8 Å². The van der Waals surface area contributed by atoms with Crippen LogP contribution in [-0.4, -0.2) is 34.8 Å². The molecule has 0 bridgehead atoms. The summed E-state index contributed by atoms with van der Waals surface area (Å²) in [5, 5.41) is 0. The van der Waals surface area contributed by atoms with Crippen molar-refractivity contribution in [2.45, 2.75) is 39.5 Å². The SMILES string of the molecule is CC(C)CC(=O)N1CCCC(Cc2ccc(-c3cccnc3)cc2)(C(N)=O)C1. The van der Waals surface area contributed by atoms with E-state index in [0.29, 0.717) is 31.8 Å². The molecule has 0 radical (unpaired) electrons. The molecular weight excluding hydrogens is 350 g/mol. The average molecular weight is 380 g/mol. The van der Waals surface area contributed by atoms with Crippen LogP contribution in [0.4, 0.5) is 0 Å². The van der Waals surface area contributed by atoms with E-state index < -0.39 is 5.41 Å². The predicted molar refractivity (Wildman–Crippen MR) is 110 cm³/mol. The van der Waals surface area contributed by atoms with Gasteiger partial charge < -0.3 is 10.6 Å². The Bertz CT molecular complexity index is 818. The molecule has 1 saturated heterocycles. The van der Waals surface area contributed by atoms with Gasteiger partial charge in [0.05, 0.1) is 5.41 Å². The standard InChI is InChI=1S/C23H29N3O2/c1-17(2)13-21(27)26-12-4-10-23(16-26,22(24)28)14-18-6-8-19(9-7-18)20-5-3-11-25-15-20/h3,5-9,11,15,17H,4,10,12-14,16H2,1-2H3,(H2,24,28). The molecule has 1 aliphatic heterocycles. The largest absolute Gasteiger partial charge is 0.369 e. The van der Waals surface area contributed by atoms with E-state index in [2.05, 4.69) is 4.98 Å². The lowest BCUT2D eigenvalue weighted by Gasteiger charge is -2.41. The zero-order valence-electron chi connectivity index (χ0n) is 16.7. The number of carbonyl (C=O) groups is 2. The molecule has 2 N–H and O–H groups in total. The Kier molecular flexibility index (Phi) is 6.12. The Hall–Kier alpha value is -2.69. The molecule has 1 aromatic heterocycles. The number of hydrogen-bond donors (Lipinski definition) is 1. The molecule has 2 amide bonds. The lowest BCUT2D eigenvalue weighted by molar-refractivity contribution is -0.140. The molecule has 0 aliphatic carbocycles. The number of nitrogens with zero attached hydrogens (tertiary/aromatic N) is 2. The number of rotatable bonds is 6. The highest BCUT2D eigenvalue weighted by Gasteiger charge is 2.42. The van der Waals surface area contributed by atoms with Crippen molar-refractivity contribution < 1.29 is 9.59 Å². The second-order valence-electron chi connectivity index (χ2n) is 8.28. The summed E-state index contributed by atoms with van der Waals surface area (Å²) < 4.78 is 0. The van der Waals surface area contributed by atoms with Gasteiger partial charge in [-0.1, -0.05) is 44.2 Å². The van der Waals surface area contributed by atoms with Crippen molar-refractivity contribution >= 4 is 11.8 Å². The molecule has 3 rings (SSSR count). The first-order chi connectivity index (χ1) is 13.4. The fourth-order valence-corrected chi connectivity index (χ4v) is 3.99. The van der Waals surface area contributed by atoms with E-state index >= 15 is 0 Å². The highest BCUT2D eigenvalue weighted by atomic mass is 16.2. The molecule has 5 heteroatoms. The molecule has 2 heterocycles. The third kappa shape index (κ3) is 4.58. The Labute approximate surface area is 167 Å². The van der Waals surface area contributed by atoms with Gasteiger partial charge in [-0.15, -0.1) is 0 Å². The Morgan fingerprint density at radius 3 is 2.54 bits per heavy atom. The molecule has 0 spiro atoms. The van der Waals surface area contributed by atoms with Gasteiger partial charge in [-0.25, -0.2) is 0 Å². The molecule has 28 heavy (non-hydrogen) atoms. The van der Waals surface area contributed by atoms with Crippen LogP contribution in [0.2, 0.25) is 0 Å². The zero-order chi connectivity index (χ0) is 20.1. The molecule has 1 unspecified atom stereocenters. The normalized spacial score (nSPS) is 19.6. The number of carbonyl (C=O) groups excluding carboxylic acids is 2. The van der Waals surface area contributed by atoms with Gasteiger partial charge in [0.2, 0.25) is 11.8 Å². The molecule has 1 atom stereocenters. The number of nitrogens with two attached hydrogens (primary N) is 1. The number of amides is 2. The zero-order valence-corrected chi connectivity index (χ0v) is 16.7. The molecule has 1 aromatic carbocycles. The number of aromatic nitrogens is 1. The van der Waals surface area contributed by atoms with Crippen molar-refractivity contribution in [2.75, 3.05) is 13.1 Å². The maximum Gasteiger partial charge on any atom is 0.225 e. The van der Waals surface area contributed by atoms with Gasteiger partial charge in [0.25, 0.3) is 0 Å². The summed E-state index contributed by atoms with van der Waals surface area (Å²) in [4.78, 5) is 31.0. The van der Waals surface area contributed by atoms with Crippen LogP contribution in [0, 0.1) is 11.3 Å². The van der Waals surface area contributed by atoms with E-state index in [4.69, 9.17) is 5.73 Å². The van der Waals surface area contributed by atoms with E-state index in [1.807, 2.05) is 61.3 Å². The highest BCUT2D eigenvalue weighted by Crippen LogP contribution is 2.34. The quantitative estimate of drug-likeness (QED) is 0.835. The van der Waals surface area contributed by atoms with Gasteiger partial charge in [-0.3, -0.25) is 14.6 Å². The summed E-state index contributed by atoms with van der Waals surface area (Å²) in [6, 6.07) is 12.1. The summed E-state index contributed by atoms with van der Waals surface area (Å²) in [6.45, 7) is 5.19. The van der Waals surface area contributed by atoms with Crippen LogP contribution in [0.1, 0.15) is 38.7 Å². The first kappa shape index (κ1) is 20.1. The van der Waals surface area contributed by atoms with Crippen molar-refractivity contribution in [3.05, 3.63) is 54.4 Å². The van der Waals surface area contributed by atoms with E-state index in [1.165, 1.54) is 0 Å². The summed E-state index contributed by atoms with van der Waals surface area (Å²) in [7, 11) is 0. The van der Waals surface area contributed by atoms with E-state index in [-0.39, 0.29) is 11.8 Å². The molecule has 1 aliphatic rings. The number of likely N-dealkylation sites (tertiary alicyclic amines) is 1. The van der Waals surface area contributed by atoms with Gasteiger partial charge in [0.15, 0.2) is 0 Å². The van der Waals surface area contributed by atoms with Gasteiger partial charge in [-0.2, -0.15) is 0 Å². The second-order valence-corrected chi connectivity index (χ2v) is 8.28. The van der Waals surface area contributed by atoms with Crippen molar-refractivity contribution in [1.29, 1.82) is 0 Å². The van der Waals surface area contributed by atoms with Crippen LogP contribution in [-0.2, 0) is 16.0 Å². The van der Waals surface area contributed by atoms with Crippen LogP contribution in [0.5, 0.6) is 0 Å². The maximum absolute atomic E-state index is 12.5. The third-order valence-corrected chi connectivity index (χ3v) is 5.53. The fraction of sp³-hybridized carbons (Fsp3) is 0.435. The summed E-state index contributed by atoms with van der Waals surface area (Å²) in [5.74, 6) is 0.107. The van der Waals surface area contributed by atoms with Gasteiger partial charge in [-0.05, 0) is 47.9 Å². The number of pyridine rings is 1. The lowest BCUT2D eigenvalue weighted by Crippen LogP contribution is -2.53.